The van der Waals surface area contributed by atoms with Crippen molar-refractivity contribution in [3.63, 3.8) is 0 Å². The number of hydrogen-bond acceptors (Lipinski definition) is 6. The highest BCUT2D eigenvalue weighted by Crippen LogP contribution is 2.40. The Morgan fingerprint density at radius 2 is 1.83 bits per heavy atom. The SMILES string of the molecule is Cc1c(OC[C@H]2COC(C)(C)O2)nn(-c2ccccc2)c1NC(=O)N[C@@]1(CC(F)(F)F)CNC[C@@H]1c1ccccc1. The lowest BCUT2D eigenvalue weighted by Crippen LogP contribution is -2.57. The van der Waals surface area contributed by atoms with E-state index in [9.17, 15) is 18.0 Å². The van der Waals surface area contributed by atoms with E-state index < -0.39 is 35.9 Å². The summed E-state index contributed by atoms with van der Waals surface area (Å²) in [4.78, 5) is 13.5. The molecule has 0 saturated carbocycles. The summed E-state index contributed by atoms with van der Waals surface area (Å²) in [5.41, 5.74) is 0.263. The standard InChI is InChI=1S/C29H34F3N5O4/c1-19-24(37(21-12-8-5-9-13-21)36-25(19)39-15-22-16-40-27(2,3)41-22)34-26(38)35-28(17-29(30,31)32)18-33-14-23(28)20-10-6-4-7-11-20/h4-13,22-23,33H,14-18H2,1-3H3,(H2,34,35,38)/t22-,23+,28-/m0/s1. The number of alkyl halides is 3. The molecule has 2 aromatic carbocycles. The van der Waals surface area contributed by atoms with E-state index in [0.29, 0.717) is 30.0 Å². The third-order valence-electron chi connectivity index (χ3n) is 7.32. The van der Waals surface area contributed by atoms with Crippen LogP contribution in [0.3, 0.4) is 0 Å². The first-order valence-electron chi connectivity index (χ1n) is 13.5. The highest BCUT2D eigenvalue weighted by atomic mass is 19.4. The molecule has 220 valence electrons. The number of benzene rings is 2. The maximum atomic E-state index is 13.9. The van der Waals surface area contributed by atoms with Gasteiger partial charge in [-0.1, -0.05) is 48.5 Å². The Hall–Kier alpha value is -3.61. The summed E-state index contributed by atoms with van der Waals surface area (Å²) in [6.07, 6.45) is -6.00. The molecule has 5 rings (SSSR count). The third-order valence-corrected chi connectivity index (χ3v) is 7.32. The van der Waals surface area contributed by atoms with E-state index in [1.54, 1.807) is 49.4 Å². The van der Waals surface area contributed by atoms with Crippen molar-refractivity contribution in [1.29, 1.82) is 0 Å². The Morgan fingerprint density at radius 3 is 2.46 bits per heavy atom. The van der Waals surface area contributed by atoms with Crippen molar-refractivity contribution in [3.05, 3.63) is 71.8 Å². The Bertz CT molecular complexity index is 1350. The number of rotatable bonds is 8. The molecule has 0 unspecified atom stereocenters. The second-order valence-electron chi connectivity index (χ2n) is 10.9. The number of carbonyl (C=O) groups is 1. The molecule has 3 atom stereocenters. The number of aromatic nitrogens is 2. The normalized spacial score (nSPS) is 23.9. The van der Waals surface area contributed by atoms with Crippen LogP contribution in [0.1, 0.15) is 37.3 Å². The molecule has 1 aromatic heterocycles. The summed E-state index contributed by atoms with van der Waals surface area (Å²) in [6.45, 7) is 6.14. The van der Waals surface area contributed by atoms with Gasteiger partial charge in [0.05, 0.1) is 29.8 Å². The number of ether oxygens (including phenoxy) is 3. The van der Waals surface area contributed by atoms with Gasteiger partial charge in [0.2, 0.25) is 5.88 Å². The molecule has 2 fully saturated rings. The second-order valence-corrected chi connectivity index (χ2v) is 10.9. The Labute approximate surface area is 236 Å². The number of para-hydroxylation sites is 1. The summed E-state index contributed by atoms with van der Waals surface area (Å²) >= 11 is 0. The fraction of sp³-hybridized carbons (Fsp3) is 0.448. The van der Waals surface area contributed by atoms with Crippen molar-refractivity contribution in [3.8, 4) is 11.6 Å². The number of nitrogens with one attached hydrogen (secondary N) is 3. The van der Waals surface area contributed by atoms with Crippen LogP contribution in [0.25, 0.3) is 5.69 Å². The van der Waals surface area contributed by atoms with Crippen LogP contribution in [0.15, 0.2) is 60.7 Å². The van der Waals surface area contributed by atoms with Crippen LogP contribution < -0.4 is 20.7 Å². The molecular formula is C29H34F3N5O4. The average molecular weight is 574 g/mol. The van der Waals surface area contributed by atoms with Crippen LogP contribution in [0.4, 0.5) is 23.8 Å². The first-order chi connectivity index (χ1) is 19.4. The molecule has 2 aliphatic rings. The lowest BCUT2D eigenvalue weighted by molar-refractivity contribution is -0.149. The van der Waals surface area contributed by atoms with E-state index in [2.05, 4.69) is 21.0 Å². The van der Waals surface area contributed by atoms with Crippen LogP contribution in [0, 0.1) is 6.92 Å². The molecule has 2 aliphatic heterocycles. The summed E-state index contributed by atoms with van der Waals surface area (Å²) in [5, 5.41) is 13.1. The summed E-state index contributed by atoms with van der Waals surface area (Å²) in [6, 6.07) is 17.2. The van der Waals surface area contributed by atoms with Crippen molar-refractivity contribution < 1.29 is 32.2 Å². The molecule has 12 heteroatoms. The summed E-state index contributed by atoms with van der Waals surface area (Å²) in [5.74, 6) is -0.770. The van der Waals surface area contributed by atoms with E-state index in [0.717, 1.165) is 0 Å². The van der Waals surface area contributed by atoms with E-state index >= 15 is 0 Å². The van der Waals surface area contributed by atoms with Crippen LogP contribution >= 0.6 is 0 Å². The molecule has 0 aliphatic carbocycles. The highest BCUT2D eigenvalue weighted by molar-refractivity contribution is 5.90. The van der Waals surface area contributed by atoms with Gasteiger partial charge in [0.15, 0.2) is 5.79 Å². The number of halogens is 3. The molecule has 2 saturated heterocycles. The van der Waals surface area contributed by atoms with E-state index in [1.807, 2.05) is 32.0 Å². The molecular weight excluding hydrogens is 539 g/mol. The number of hydrogen-bond donors (Lipinski definition) is 3. The summed E-state index contributed by atoms with van der Waals surface area (Å²) < 4.78 is 60.5. The van der Waals surface area contributed by atoms with Gasteiger partial charge >= 0.3 is 12.2 Å². The number of urea groups is 1. The minimum Gasteiger partial charge on any atom is -0.473 e. The molecule has 3 heterocycles. The van der Waals surface area contributed by atoms with Gasteiger partial charge in [0, 0.05) is 19.0 Å². The largest absolute Gasteiger partial charge is 0.473 e. The Morgan fingerprint density at radius 1 is 1.15 bits per heavy atom. The first-order valence-corrected chi connectivity index (χ1v) is 13.5. The molecule has 0 radical (unpaired) electrons. The number of nitrogens with zero attached hydrogens (tertiary/aromatic N) is 2. The molecule has 0 spiro atoms. The van der Waals surface area contributed by atoms with Gasteiger partial charge < -0.3 is 24.8 Å². The van der Waals surface area contributed by atoms with Gasteiger partial charge in [-0.3, -0.25) is 5.32 Å². The van der Waals surface area contributed by atoms with Gasteiger partial charge in [-0.05, 0) is 38.5 Å². The lowest BCUT2D eigenvalue weighted by atomic mass is 9.79. The van der Waals surface area contributed by atoms with E-state index in [-0.39, 0.29) is 31.0 Å². The van der Waals surface area contributed by atoms with Gasteiger partial charge in [0.1, 0.15) is 18.5 Å². The monoisotopic (exact) mass is 573 g/mol. The zero-order valence-corrected chi connectivity index (χ0v) is 23.1. The molecule has 41 heavy (non-hydrogen) atoms. The van der Waals surface area contributed by atoms with Crippen LogP contribution in [0.2, 0.25) is 0 Å². The van der Waals surface area contributed by atoms with Crippen molar-refractivity contribution in [2.45, 2.75) is 56.7 Å². The zero-order valence-electron chi connectivity index (χ0n) is 23.1. The lowest BCUT2D eigenvalue weighted by Gasteiger charge is -2.36. The maximum Gasteiger partial charge on any atom is 0.391 e. The predicted octanol–water partition coefficient (Wildman–Crippen LogP) is 4.91. The molecule has 9 nitrogen and oxygen atoms in total. The van der Waals surface area contributed by atoms with Gasteiger partial charge in [-0.25, -0.2) is 9.48 Å². The van der Waals surface area contributed by atoms with Gasteiger partial charge in [-0.15, -0.1) is 5.10 Å². The van der Waals surface area contributed by atoms with E-state index in [1.165, 1.54) is 4.68 Å². The van der Waals surface area contributed by atoms with Crippen molar-refractivity contribution in [2.75, 3.05) is 31.6 Å². The van der Waals surface area contributed by atoms with Crippen LogP contribution in [-0.2, 0) is 9.47 Å². The second kappa shape index (κ2) is 11.3. The minimum atomic E-state index is -4.50. The van der Waals surface area contributed by atoms with E-state index in [4.69, 9.17) is 14.2 Å². The predicted molar refractivity (Wildman–Crippen MR) is 146 cm³/mol. The van der Waals surface area contributed by atoms with Crippen LogP contribution in [0.5, 0.6) is 5.88 Å². The molecule has 3 aromatic rings. The fourth-order valence-electron chi connectivity index (χ4n) is 5.50. The minimum absolute atomic E-state index is 0.0371. The highest BCUT2D eigenvalue weighted by Gasteiger charge is 2.51. The molecule has 0 bridgehead atoms. The van der Waals surface area contributed by atoms with Gasteiger partial charge in [0.25, 0.3) is 0 Å². The molecule has 2 amide bonds. The summed E-state index contributed by atoms with van der Waals surface area (Å²) in [7, 11) is 0. The quantitative estimate of drug-likeness (QED) is 0.354. The Kier molecular flexibility index (Phi) is 8.00. The van der Waals surface area contributed by atoms with Crippen molar-refractivity contribution in [1.82, 2.24) is 20.4 Å². The number of carbonyl (C=O) groups excluding carboxylic acids is 1. The zero-order chi connectivity index (χ0) is 29.3. The molecule has 3 N–H and O–H groups in total. The maximum absolute atomic E-state index is 13.9. The average Bonchev–Trinajstić information content (AvgIpc) is 3.58. The Balaban J connectivity index is 1.41. The third kappa shape index (κ3) is 6.66. The fourth-order valence-corrected chi connectivity index (χ4v) is 5.50. The van der Waals surface area contributed by atoms with Gasteiger partial charge in [-0.2, -0.15) is 13.2 Å². The van der Waals surface area contributed by atoms with Crippen molar-refractivity contribution >= 4 is 11.8 Å². The van der Waals surface area contributed by atoms with Crippen LogP contribution in [-0.4, -0.2) is 65.7 Å². The number of amides is 2. The topological polar surface area (TPSA) is 98.7 Å². The number of anilines is 1. The smallest absolute Gasteiger partial charge is 0.391 e. The first kappa shape index (κ1) is 28.9. The van der Waals surface area contributed by atoms with Crippen molar-refractivity contribution in [2.24, 2.45) is 0 Å².